The number of hydrogen-bond acceptors (Lipinski definition) is 4. The Kier molecular flexibility index (Phi) is 5.81. The minimum atomic E-state index is -0.837. The van der Waals surface area contributed by atoms with Gasteiger partial charge in [-0.15, -0.1) is 0 Å². The molecule has 0 spiro atoms. The molecule has 20 heavy (non-hydrogen) atoms. The summed E-state index contributed by atoms with van der Waals surface area (Å²) in [6.45, 7) is 1.11. The topological polar surface area (TPSA) is 63.9 Å². The number of aliphatic hydroxyl groups is 3. The monoisotopic (exact) mass is 299 g/mol. The van der Waals surface area contributed by atoms with Crippen molar-refractivity contribution in [1.82, 2.24) is 4.90 Å². The molecule has 1 aromatic rings. The van der Waals surface area contributed by atoms with E-state index in [9.17, 15) is 15.3 Å². The molecule has 1 aliphatic heterocycles. The second-order valence-corrected chi connectivity index (χ2v) is 5.82. The van der Waals surface area contributed by atoms with Crippen molar-refractivity contribution in [2.45, 2.75) is 37.5 Å². The van der Waals surface area contributed by atoms with E-state index in [0.29, 0.717) is 6.54 Å². The van der Waals surface area contributed by atoms with Crippen molar-refractivity contribution >= 4 is 11.6 Å². The molecule has 3 N–H and O–H groups in total. The van der Waals surface area contributed by atoms with Crippen LogP contribution in [0.5, 0.6) is 0 Å². The number of aliphatic hydroxyl groups excluding tert-OH is 3. The quantitative estimate of drug-likeness (QED) is 0.687. The average Bonchev–Trinajstić information content (AvgIpc) is 2.72. The number of unbranched alkanes of at least 4 members (excludes halogenated alkanes) is 1. The zero-order valence-electron chi connectivity index (χ0n) is 11.5. The van der Waals surface area contributed by atoms with Crippen LogP contribution < -0.4 is 0 Å². The predicted octanol–water partition coefficient (Wildman–Crippen LogP) is 1.06. The second-order valence-electron chi connectivity index (χ2n) is 5.39. The first-order valence-electron chi connectivity index (χ1n) is 7.07. The Morgan fingerprint density at radius 1 is 1.15 bits per heavy atom. The van der Waals surface area contributed by atoms with E-state index in [-0.39, 0.29) is 12.6 Å². The Hall–Kier alpha value is -0.650. The third kappa shape index (κ3) is 3.93. The van der Waals surface area contributed by atoms with Crippen molar-refractivity contribution in [3.63, 3.8) is 0 Å². The first-order valence-corrected chi connectivity index (χ1v) is 7.45. The van der Waals surface area contributed by atoms with E-state index in [4.69, 9.17) is 11.6 Å². The van der Waals surface area contributed by atoms with Crippen LogP contribution in [0.15, 0.2) is 24.3 Å². The smallest absolute Gasteiger partial charge is 0.0988 e. The Labute approximate surface area is 124 Å². The summed E-state index contributed by atoms with van der Waals surface area (Å²) in [6, 6.07) is 7.52. The number of hydrogen-bond donors (Lipinski definition) is 3. The maximum absolute atomic E-state index is 9.72. The van der Waals surface area contributed by atoms with Gasteiger partial charge in [-0.3, -0.25) is 4.90 Å². The fraction of sp³-hybridized carbons (Fsp3) is 0.600. The van der Waals surface area contributed by atoms with Gasteiger partial charge >= 0.3 is 0 Å². The summed E-state index contributed by atoms with van der Waals surface area (Å²) < 4.78 is 0. The van der Waals surface area contributed by atoms with E-state index in [2.05, 4.69) is 0 Å². The van der Waals surface area contributed by atoms with Gasteiger partial charge < -0.3 is 15.3 Å². The van der Waals surface area contributed by atoms with Gasteiger partial charge in [0, 0.05) is 11.6 Å². The van der Waals surface area contributed by atoms with Gasteiger partial charge in [-0.25, -0.2) is 0 Å². The number of benzene rings is 1. The molecule has 1 aliphatic rings. The number of nitrogens with zero attached hydrogens (tertiary/aromatic N) is 1. The summed E-state index contributed by atoms with van der Waals surface area (Å²) in [6.07, 6.45) is 1.40. The third-order valence-corrected chi connectivity index (χ3v) is 4.19. The van der Waals surface area contributed by atoms with E-state index >= 15 is 0 Å². The fourth-order valence-corrected chi connectivity index (χ4v) is 2.86. The standard InChI is InChI=1S/C15H22ClNO3/c16-12-6-4-11(5-7-12)3-1-2-8-17-9-14(19)15(20)13(17)10-18/h4-7,13-15,18-20H,1-3,8-10H2/t13-,14-,15-/m1/s1. The molecule has 0 unspecified atom stereocenters. The van der Waals surface area contributed by atoms with Crippen molar-refractivity contribution in [1.29, 1.82) is 0 Å². The number of β-amino-alcohol motifs (C(OH)–C–C–N with tert-alkyl or cyclic N) is 1. The summed E-state index contributed by atoms with van der Waals surface area (Å²) in [4.78, 5) is 1.97. The molecular formula is C15H22ClNO3. The lowest BCUT2D eigenvalue weighted by molar-refractivity contribution is 0.0216. The van der Waals surface area contributed by atoms with E-state index in [1.54, 1.807) is 0 Å². The minimum absolute atomic E-state index is 0.116. The highest BCUT2D eigenvalue weighted by Gasteiger charge is 2.38. The van der Waals surface area contributed by atoms with Crippen LogP contribution in [0.4, 0.5) is 0 Å². The van der Waals surface area contributed by atoms with Gasteiger partial charge in [0.1, 0.15) is 0 Å². The van der Waals surface area contributed by atoms with Gasteiger partial charge in [0.15, 0.2) is 0 Å². The largest absolute Gasteiger partial charge is 0.395 e. The molecule has 2 rings (SSSR count). The minimum Gasteiger partial charge on any atom is -0.395 e. The SMILES string of the molecule is OC[C@@H]1[C@@H](O)[C@H](O)CN1CCCCc1ccc(Cl)cc1. The maximum atomic E-state index is 9.72. The zero-order valence-corrected chi connectivity index (χ0v) is 12.2. The van der Waals surface area contributed by atoms with Gasteiger partial charge in [-0.1, -0.05) is 23.7 Å². The van der Waals surface area contributed by atoms with Gasteiger partial charge in [0.05, 0.1) is 24.9 Å². The van der Waals surface area contributed by atoms with Crippen molar-refractivity contribution in [2.75, 3.05) is 19.7 Å². The van der Waals surface area contributed by atoms with E-state index in [0.717, 1.165) is 30.8 Å². The second kappa shape index (κ2) is 7.38. The molecule has 0 aliphatic carbocycles. The normalized spacial score (nSPS) is 27.1. The Morgan fingerprint density at radius 3 is 2.50 bits per heavy atom. The molecule has 1 heterocycles. The van der Waals surface area contributed by atoms with Crippen LogP contribution in [0.25, 0.3) is 0 Å². The molecule has 4 nitrogen and oxygen atoms in total. The van der Waals surface area contributed by atoms with Crippen molar-refractivity contribution < 1.29 is 15.3 Å². The van der Waals surface area contributed by atoms with Crippen molar-refractivity contribution in [2.24, 2.45) is 0 Å². The first-order chi connectivity index (χ1) is 9.61. The fourth-order valence-electron chi connectivity index (χ4n) is 2.73. The van der Waals surface area contributed by atoms with Crippen LogP contribution in [0.1, 0.15) is 18.4 Å². The molecule has 1 saturated heterocycles. The Morgan fingerprint density at radius 2 is 1.85 bits per heavy atom. The highest BCUT2D eigenvalue weighted by Crippen LogP contribution is 2.19. The Bertz CT molecular complexity index is 412. The van der Waals surface area contributed by atoms with E-state index < -0.39 is 12.2 Å². The highest BCUT2D eigenvalue weighted by molar-refractivity contribution is 6.30. The summed E-state index contributed by atoms with van der Waals surface area (Å²) in [5, 5.41) is 29.3. The lowest BCUT2D eigenvalue weighted by Gasteiger charge is -2.23. The molecule has 3 atom stereocenters. The molecule has 0 bridgehead atoms. The Balaban J connectivity index is 1.72. The van der Waals surface area contributed by atoms with E-state index in [1.165, 1.54) is 5.56 Å². The molecule has 5 heteroatoms. The maximum Gasteiger partial charge on any atom is 0.0988 e. The highest BCUT2D eigenvalue weighted by atomic mass is 35.5. The molecule has 1 aromatic carbocycles. The molecule has 1 fully saturated rings. The molecule has 0 aromatic heterocycles. The van der Waals surface area contributed by atoms with Crippen LogP contribution in [0.2, 0.25) is 5.02 Å². The van der Waals surface area contributed by atoms with Crippen LogP contribution in [-0.2, 0) is 6.42 Å². The van der Waals surface area contributed by atoms with Crippen LogP contribution in [0, 0.1) is 0 Å². The zero-order chi connectivity index (χ0) is 14.5. The first kappa shape index (κ1) is 15.7. The van der Waals surface area contributed by atoms with Crippen molar-refractivity contribution in [3.05, 3.63) is 34.9 Å². The lowest BCUT2D eigenvalue weighted by atomic mass is 10.1. The van der Waals surface area contributed by atoms with Crippen LogP contribution in [-0.4, -0.2) is 58.2 Å². The molecular weight excluding hydrogens is 278 g/mol. The van der Waals surface area contributed by atoms with Gasteiger partial charge in [-0.2, -0.15) is 0 Å². The molecule has 0 amide bonds. The van der Waals surface area contributed by atoms with Crippen LogP contribution >= 0.6 is 11.6 Å². The number of aryl methyl sites for hydroxylation is 1. The molecule has 0 saturated carbocycles. The lowest BCUT2D eigenvalue weighted by Crippen LogP contribution is -2.39. The summed E-state index contributed by atoms with van der Waals surface area (Å²) in [5.41, 5.74) is 1.26. The third-order valence-electron chi connectivity index (χ3n) is 3.94. The molecule has 0 radical (unpaired) electrons. The predicted molar refractivity (Wildman–Crippen MR) is 78.9 cm³/mol. The summed E-state index contributed by atoms with van der Waals surface area (Å²) >= 11 is 5.84. The van der Waals surface area contributed by atoms with Crippen LogP contribution in [0.3, 0.4) is 0 Å². The number of rotatable bonds is 6. The number of likely N-dealkylation sites (tertiary alicyclic amines) is 1. The van der Waals surface area contributed by atoms with Gasteiger partial charge in [-0.05, 0) is 43.5 Å². The number of halogens is 1. The van der Waals surface area contributed by atoms with Crippen molar-refractivity contribution in [3.8, 4) is 0 Å². The van der Waals surface area contributed by atoms with Gasteiger partial charge in [0.25, 0.3) is 0 Å². The van der Waals surface area contributed by atoms with Gasteiger partial charge in [0.2, 0.25) is 0 Å². The summed E-state index contributed by atoms with van der Waals surface area (Å²) in [7, 11) is 0. The summed E-state index contributed by atoms with van der Waals surface area (Å²) in [5.74, 6) is 0. The molecule has 112 valence electrons. The average molecular weight is 300 g/mol. The van der Waals surface area contributed by atoms with E-state index in [1.807, 2.05) is 29.2 Å².